The van der Waals surface area contributed by atoms with Gasteiger partial charge in [-0.25, -0.2) is 0 Å². The van der Waals surface area contributed by atoms with Crippen LogP contribution >= 0.6 is 11.5 Å². The highest BCUT2D eigenvalue weighted by molar-refractivity contribution is 7.10. The van der Waals surface area contributed by atoms with Gasteiger partial charge in [-0.15, -0.1) is 0 Å². The van der Waals surface area contributed by atoms with E-state index < -0.39 is 0 Å². The van der Waals surface area contributed by atoms with Gasteiger partial charge < -0.3 is 5.32 Å². The van der Waals surface area contributed by atoms with E-state index in [2.05, 4.69) is 9.69 Å². The Kier molecular flexibility index (Phi) is 3.88. The molecule has 0 fully saturated rings. The molecule has 0 aliphatic heterocycles. The van der Waals surface area contributed by atoms with Crippen molar-refractivity contribution in [2.75, 3.05) is 5.32 Å². The van der Waals surface area contributed by atoms with Crippen LogP contribution in [0.1, 0.15) is 17.7 Å². The Morgan fingerprint density at radius 3 is 2.76 bits per heavy atom. The molecule has 0 unspecified atom stereocenters. The van der Waals surface area contributed by atoms with Crippen molar-refractivity contribution >= 4 is 22.4 Å². The van der Waals surface area contributed by atoms with Crippen molar-refractivity contribution in [3.05, 3.63) is 47.7 Å². The molecule has 0 saturated heterocycles. The van der Waals surface area contributed by atoms with Crippen molar-refractivity contribution in [1.82, 2.24) is 4.37 Å². The largest absolute Gasteiger partial charge is 0.316 e. The first-order valence-electron chi connectivity index (χ1n) is 5.51. The van der Waals surface area contributed by atoms with E-state index in [4.69, 9.17) is 0 Å². The van der Waals surface area contributed by atoms with E-state index in [-0.39, 0.29) is 5.91 Å². The number of hydrogen-bond acceptors (Lipinski definition) is 3. The summed E-state index contributed by atoms with van der Waals surface area (Å²) in [5.74, 6) is 0.0394. The van der Waals surface area contributed by atoms with Crippen LogP contribution in [0.2, 0.25) is 0 Å². The van der Waals surface area contributed by atoms with Gasteiger partial charge in [0.1, 0.15) is 5.00 Å². The molecule has 0 saturated carbocycles. The third-order valence-corrected chi connectivity index (χ3v) is 3.17. The van der Waals surface area contributed by atoms with Gasteiger partial charge in [-0.3, -0.25) is 4.79 Å². The average molecular weight is 246 g/mol. The predicted molar refractivity (Wildman–Crippen MR) is 70.2 cm³/mol. The quantitative estimate of drug-likeness (QED) is 0.901. The molecular formula is C13H14N2OS. The molecule has 0 spiro atoms. The van der Waals surface area contributed by atoms with Crippen molar-refractivity contribution in [3.63, 3.8) is 0 Å². The summed E-state index contributed by atoms with van der Waals surface area (Å²) in [6, 6.07) is 11.9. The number of aromatic nitrogens is 1. The third-order valence-electron chi connectivity index (χ3n) is 2.37. The Labute approximate surface area is 105 Å². The Morgan fingerprint density at radius 2 is 2.12 bits per heavy atom. The maximum Gasteiger partial charge on any atom is 0.225 e. The molecule has 0 aliphatic rings. The molecule has 3 nitrogen and oxygen atoms in total. The summed E-state index contributed by atoms with van der Waals surface area (Å²) >= 11 is 1.32. The first kappa shape index (κ1) is 11.8. The minimum Gasteiger partial charge on any atom is -0.316 e. The summed E-state index contributed by atoms with van der Waals surface area (Å²) in [6.45, 7) is 1.91. The second-order valence-electron chi connectivity index (χ2n) is 3.87. The third kappa shape index (κ3) is 3.67. The molecule has 2 aromatic rings. The fourth-order valence-electron chi connectivity index (χ4n) is 1.52. The Balaban J connectivity index is 1.82. The Hall–Kier alpha value is -1.68. The van der Waals surface area contributed by atoms with Crippen LogP contribution in [0.3, 0.4) is 0 Å². The summed E-state index contributed by atoms with van der Waals surface area (Å²) in [5, 5.41) is 3.67. The first-order valence-corrected chi connectivity index (χ1v) is 6.28. The smallest absolute Gasteiger partial charge is 0.225 e. The number of hydrogen-bond donors (Lipinski definition) is 1. The van der Waals surface area contributed by atoms with Crippen LogP contribution in [-0.4, -0.2) is 10.3 Å². The van der Waals surface area contributed by atoms with Gasteiger partial charge in [-0.2, -0.15) is 4.37 Å². The van der Waals surface area contributed by atoms with E-state index in [0.29, 0.717) is 6.42 Å². The van der Waals surface area contributed by atoms with Gasteiger partial charge in [0, 0.05) is 6.42 Å². The fraction of sp³-hybridized carbons (Fsp3) is 0.231. The molecule has 1 N–H and O–H groups in total. The van der Waals surface area contributed by atoms with Crippen LogP contribution < -0.4 is 5.32 Å². The number of carbonyl (C=O) groups is 1. The van der Waals surface area contributed by atoms with Gasteiger partial charge in [0.25, 0.3) is 0 Å². The SMILES string of the molecule is Cc1cc(NC(=O)CCc2ccccc2)sn1. The lowest BCUT2D eigenvalue weighted by atomic mass is 10.1. The summed E-state index contributed by atoms with van der Waals surface area (Å²) in [4.78, 5) is 11.7. The van der Waals surface area contributed by atoms with E-state index in [0.717, 1.165) is 17.1 Å². The first-order chi connectivity index (χ1) is 8.24. The number of anilines is 1. The fourth-order valence-corrected chi connectivity index (χ4v) is 2.20. The monoisotopic (exact) mass is 246 g/mol. The molecule has 1 heterocycles. The average Bonchev–Trinajstić information content (AvgIpc) is 2.73. The zero-order chi connectivity index (χ0) is 12.1. The topological polar surface area (TPSA) is 42.0 Å². The van der Waals surface area contributed by atoms with Gasteiger partial charge >= 0.3 is 0 Å². The maximum absolute atomic E-state index is 11.7. The number of benzene rings is 1. The van der Waals surface area contributed by atoms with Crippen LogP contribution in [0.15, 0.2) is 36.4 Å². The minimum absolute atomic E-state index is 0.0394. The number of amides is 1. The normalized spacial score (nSPS) is 10.2. The van der Waals surface area contributed by atoms with E-state index in [9.17, 15) is 4.79 Å². The van der Waals surface area contributed by atoms with Crippen LogP contribution in [0.4, 0.5) is 5.00 Å². The van der Waals surface area contributed by atoms with E-state index >= 15 is 0 Å². The van der Waals surface area contributed by atoms with Crippen LogP contribution in [0.25, 0.3) is 0 Å². The summed E-state index contributed by atoms with van der Waals surface area (Å²) in [6.07, 6.45) is 1.27. The van der Waals surface area contributed by atoms with Gasteiger partial charge in [-0.05, 0) is 36.5 Å². The number of rotatable bonds is 4. The molecule has 0 atom stereocenters. The molecule has 2 rings (SSSR count). The highest BCUT2D eigenvalue weighted by Gasteiger charge is 2.05. The van der Waals surface area contributed by atoms with Crippen molar-refractivity contribution in [2.24, 2.45) is 0 Å². The molecule has 0 radical (unpaired) electrons. The lowest BCUT2D eigenvalue weighted by Gasteiger charge is -2.02. The van der Waals surface area contributed by atoms with E-state index in [1.54, 1.807) is 0 Å². The molecule has 1 aromatic heterocycles. The lowest BCUT2D eigenvalue weighted by molar-refractivity contribution is -0.116. The predicted octanol–water partition coefficient (Wildman–Crippen LogP) is 3.02. The van der Waals surface area contributed by atoms with Crippen molar-refractivity contribution in [3.8, 4) is 0 Å². The number of nitrogens with zero attached hydrogens (tertiary/aromatic N) is 1. The van der Waals surface area contributed by atoms with Gasteiger partial charge in [0.05, 0.1) is 5.69 Å². The zero-order valence-corrected chi connectivity index (χ0v) is 10.5. The molecule has 4 heteroatoms. The lowest BCUT2D eigenvalue weighted by Crippen LogP contribution is -2.11. The second-order valence-corrected chi connectivity index (χ2v) is 4.67. The van der Waals surface area contributed by atoms with Gasteiger partial charge in [0.15, 0.2) is 0 Å². The number of carbonyl (C=O) groups excluding carboxylic acids is 1. The van der Waals surface area contributed by atoms with Crippen LogP contribution in [-0.2, 0) is 11.2 Å². The minimum atomic E-state index is 0.0394. The van der Waals surface area contributed by atoms with Crippen molar-refractivity contribution in [2.45, 2.75) is 19.8 Å². The Bertz CT molecular complexity index is 493. The molecule has 1 aromatic carbocycles. The summed E-state index contributed by atoms with van der Waals surface area (Å²) in [7, 11) is 0. The summed E-state index contributed by atoms with van der Waals surface area (Å²) in [5.41, 5.74) is 2.12. The van der Waals surface area contributed by atoms with E-state index in [1.807, 2.05) is 43.3 Å². The Morgan fingerprint density at radius 1 is 1.35 bits per heavy atom. The van der Waals surface area contributed by atoms with Crippen molar-refractivity contribution < 1.29 is 4.79 Å². The second kappa shape index (κ2) is 5.59. The van der Waals surface area contributed by atoms with Gasteiger partial charge in [-0.1, -0.05) is 30.3 Å². The highest BCUT2D eigenvalue weighted by Crippen LogP contribution is 2.15. The summed E-state index contributed by atoms with van der Waals surface area (Å²) < 4.78 is 4.11. The van der Waals surface area contributed by atoms with E-state index in [1.165, 1.54) is 17.1 Å². The molecule has 1 amide bonds. The molecule has 0 bridgehead atoms. The van der Waals surface area contributed by atoms with Gasteiger partial charge in [0.2, 0.25) is 5.91 Å². The molecule has 17 heavy (non-hydrogen) atoms. The highest BCUT2D eigenvalue weighted by atomic mass is 32.1. The zero-order valence-electron chi connectivity index (χ0n) is 9.64. The molecule has 88 valence electrons. The van der Waals surface area contributed by atoms with Crippen molar-refractivity contribution in [1.29, 1.82) is 0 Å². The molecule has 0 aliphatic carbocycles. The maximum atomic E-state index is 11.7. The standard InChI is InChI=1S/C13H14N2OS/c1-10-9-13(17-15-10)14-12(16)8-7-11-5-3-2-4-6-11/h2-6,9H,7-8H2,1H3,(H,14,16). The number of aryl methyl sites for hydroxylation is 2. The molecular weight excluding hydrogens is 232 g/mol. The van der Waals surface area contributed by atoms with Crippen LogP contribution in [0.5, 0.6) is 0 Å². The number of nitrogens with one attached hydrogen (secondary N) is 1. The van der Waals surface area contributed by atoms with Crippen LogP contribution in [0, 0.1) is 6.92 Å².